The van der Waals surface area contributed by atoms with Gasteiger partial charge in [-0.25, -0.2) is 0 Å². The Morgan fingerprint density at radius 2 is 2.00 bits per heavy atom. The zero-order valence-electron chi connectivity index (χ0n) is 13.8. The fourth-order valence-corrected chi connectivity index (χ4v) is 3.81. The zero-order valence-corrected chi connectivity index (χ0v) is 14.6. The lowest BCUT2D eigenvalue weighted by Gasteiger charge is -2.14. The normalized spacial score (nSPS) is 13.0. The lowest BCUT2D eigenvalue weighted by Crippen LogP contribution is -2.19. The van der Waals surface area contributed by atoms with Crippen molar-refractivity contribution in [1.82, 2.24) is 15.1 Å². The number of aryl methyl sites for hydroxylation is 2. The number of hydrogen-bond donors (Lipinski definition) is 1. The highest BCUT2D eigenvalue weighted by Crippen LogP contribution is 2.26. The van der Waals surface area contributed by atoms with Crippen LogP contribution < -0.4 is 5.32 Å². The van der Waals surface area contributed by atoms with Gasteiger partial charge < -0.3 is 5.32 Å². The minimum absolute atomic E-state index is 0.369. The highest BCUT2D eigenvalue weighted by atomic mass is 32.1. The average molecular weight is 305 g/mol. The van der Waals surface area contributed by atoms with E-state index in [1.807, 2.05) is 11.3 Å². The Hall–Kier alpha value is -1.13. The van der Waals surface area contributed by atoms with Gasteiger partial charge in [0.25, 0.3) is 0 Å². The Bertz CT molecular complexity index is 566. The summed E-state index contributed by atoms with van der Waals surface area (Å²) in [5, 5.41) is 8.29. The molecule has 0 bridgehead atoms. The van der Waals surface area contributed by atoms with Gasteiger partial charge in [0.15, 0.2) is 0 Å². The van der Waals surface area contributed by atoms with E-state index in [2.05, 4.69) is 62.9 Å². The molecule has 21 heavy (non-hydrogen) atoms. The van der Waals surface area contributed by atoms with Crippen molar-refractivity contribution >= 4 is 11.3 Å². The summed E-state index contributed by atoms with van der Waals surface area (Å²) >= 11 is 1.87. The molecule has 0 aromatic carbocycles. The minimum Gasteiger partial charge on any atom is -0.304 e. The fourth-order valence-electron chi connectivity index (χ4n) is 2.79. The smallest absolute Gasteiger partial charge is 0.0762 e. The van der Waals surface area contributed by atoms with Gasteiger partial charge in [0.05, 0.1) is 11.7 Å². The first-order valence-electron chi connectivity index (χ1n) is 7.89. The van der Waals surface area contributed by atoms with Crippen LogP contribution in [0.15, 0.2) is 18.3 Å². The second kappa shape index (κ2) is 7.23. The van der Waals surface area contributed by atoms with E-state index < -0.39 is 0 Å². The van der Waals surface area contributed by atoms with E-state index in [1.54, 1.807) is 0 Å². The Kier molecular flexibility index (Phi) is 5.59. The second-order valence-electron chi connectivity index (χ2n) is 5.73. The molecule has 0 fully saturated rings. The highest BCUT2D eigenvalue weighted by molar-refractivity contribution is 7.12. The van der Waals surface area contributed by atoms with E-state index in [-0.39, 0.29) is 0 Å². The van der Waals surface area contributed by atoms with Crippen molar-refractivity contribution < 1.29 is 0 Å². The number of aromatic nitrogens is 2. The molecule has 1 N–H and O–H groups in total. The first-order chi connectivity index (χ1) is 10.0. The maximum Gasteiger partial charge on any atom is 0.0762 e. The molecule has 2 aromatic rings. The van der Waals surface area contributed by atoms with Crippen LogP contribution in [0.5, 0.6) is 0 Å². The van der Waals surface area contributed by atoms with Crippen molar-refractivity contribution in [2.75, 3.05) is 0 Å². The average Bonchev–Trinajstić information content (AvgIpc) is 3.04. The number of nitrogens with one attached hydrogen (secondary N) is 1. The molecule has 0 radical (unpaired) electrons. The van der Waals surface area contributed by atoms with Crippen LogP contribution in [0.4, 0.5) is 0 Å². The predicted octanol–water partition coefficient (Wildman–Crippen LogP) is 4.77. The van der Waals surface area contributed by atoms with Crippen LogP contribution in [0.1, 0.15) is 66.7 Å². The van der Waals surface area contributed by atoms with Crippen molar-refractivity contribution in [3.8, 4) is 0 Å². The topological polar surface area (TPSA) is 29.9 Å². The summed E-state index contributed by atoms with van der Waals surface area (Å²) in [5.74, 6) is 0. The Balaban J connectivity index is 1.95. The third kappa shape index (κ3) is 3.95. The molecule has 0 saturated carbocycles. The molecular formula is C17H27N3S. The molecule has 0 amide bonds. The summed E-state index contributed by atoms with van der Waals surface area (Å²) < 4.78 is 2.11. The quantitative estimate of drug-likeness (QED) is 0.798. The molecule has 0 aliphatic rings. The van der Waals surface area contributed by atoms with Crippen molar-refractivity contribution in [1.29, 1.82) is 0 Å². The highest BCUT2D eigenvalue weighted by Gasteiger charge is 2.12. The first-order valence-corrected chi connectivity index (χ1v) is 8.71. The second-order valence-corrected chi connectivity index (χ2v) is 7.19. The van der Waals surface area contributed by atoms with E-state index >= 15 is 0 Å². The molecule has 116 valence electrons. The van der Waals surface area contributed by atoms with Gasteiger partial charge in [-0.15, -0.1) is 11.3 Å². The predicted molar refractivity (Wildman–Crippen MR) is 90.9 cm³/mol. The summed E-state index contributed by atoms with van der Waals surface area (Å²) in [4.78, 5) is 2.80. The van der Waals surface area contributed by atoms with Crippen molar-refractivity contribution in [2.45, 2.75) is 66.1 Å². The van der Waals surface area contributed by atoms with E-state index in [0.29, 0.717) is 12.1 Å². The van der Waals surface area contributed by atoms with Crippen molar-refractivity contribution in [2.24, 2.45) is 0 Å². The monoisotopic (exact) mass is 305 g/mol. The van der Waals surface area contributed by atoms with Gasteiger partial charge in [0.2, 0.25) is 0 Å². The zero-order chi connectivity index (χ0) is 15.4. The Morgan fingerprint density at radius 1 is 1.29 bits per heavy atom. The van der Waals surface area contributed by atoms with E-state index in [0.717, 1.165) is 25.1 Å². The molecule has 2 aromatic heterocycles. The molecule has 0 aliphatic carbocycles. The van der Waals surface area contributed by atoms with Gasteiger partial charge >= 0.3 is 0 Å². The van der Waals surface area contributed by atoms with Gasteiger partial charge in [-0.1, -0.05) is 13.8 Å². The van der Waals surface area contributed by atoms with Gasteiger partial charge in [0.1, 0.15) is 0 Å². The molecule has 1 atom stereocenters. The van der Waals surface area contributed by atoms with Crippen LogP contribution in [0.3, 0.4) is 0 Å². The minimum atomic E-state index is 0.369. The first kappa shape index (κ1) is 16.2. The molecule has 0 spiro atoms. The molecule has 2 rings (SSSR count). The molecule has 4 heteroatoms. The molecule has 1 unspecified atom stereocenters. The molecule has 0 aliphatic heterocycles. The third-order valence-corrected chi connectivity index (χ3v) is 5.10. The van der Waals surface area contributed by atoms with Crippen LogP contribution in [0.25, 0.3) is 0 Å². The summed E-state index contributed by atoms with van der Waals surface area (Å²) in [6.07, 6.45) is 4.38. The van der Waals surface area contributed by atoms with E-state index in [1.165, 1.54) is 15.3 Å². The summed E-state index contributed by atoms with van der Waals surface area (Å²) in [5.41, 5.74) is 2.54. The van der Waals surface area contributed by atoms with Crippen LogP contribution in [0.2, 0.25) is 0 Å². The van der Waals surface area contributed by atoms with Gasteiger partial charge in [-0.3, -0.25) is 4.68 Å². The van der Waals surface area contributed by atoms with Crippen LogP contribution in [-0.2, 0) is 6.54 Å². The largest absolute Gasteiger partial charge is 0.304 e. The van der Waals surface area contributed by atoms with E-state index in [4.69, 9.17) is 5.10 Å². The number of nitrogens with zero attached hydrogens (tertiary/aromatic N) is 2. The Morgan fingerprint density at radius 3 is 2.57 bits per heavy atom. The fraction of sp³-hybridized carbons (Fsp3) is 0.588. The van der Waals surface area contributed by atoms with Crippen LogP contribution in [-0.4, -0.2) is 9.78 Å². The SMILES string of the molecule is CCC(CC)n1ccc(CNC(C)c2cc(C)sc2C)n1. The summed E-state index contributed by atoms with van der Waals surface area (Å²) in [7, 11) is 0. The number of rotatable bonds is 7. The lowest BCUT2D eigenvalue weighted by molar-refractivity contribution is 0.423. The number of hydrogen-bond acceptors (Lipinski definition) is 3. The molecule has 3 nitrogen and oxygen atoms in total. The molecule has 2 heterocycles. The Labute approximate surface area is 132 Å². The van der Waals surface area contributed by atoms with Crippen LogP contribution >= 0.6 is 11.3 Å². The molecular weight excluding hydrogens is 278 g/mol. The van der Waals surface area contributed by atoms with Crippen molar-refractivity contribution in [3.63, 3.8) is 0 Å². The van der Waals surface area contributed by atoms with Crippen LogP contribution in [0, 0.1) is 13.8 Å². The summed E-state index contributed by atoms with van der Waals surface area (Å²) in [6, 6.07) is 5.32. The van der Waals surface area contributed by atoms with Crippen molar-refractivity contribution in [3.05, 3.63) is 39.3 Å². The number of thiophene rings is 1. The summed E-state index contributed by atoms with van der Waals surface area (Å²) in [6.45, 7) is 11.9. The standard InChI is InChI=1S/C17H27N3S/c1-6-16(7-2)20-9-8-15(19-20)11-18-13(4)17-10-12(3)21-14(17)5/h8-10,13,16,18H,6-7,11H2,1-5H3. The van der Waals surface area contributed by atoms with Gasteiger partial charge in [0, 0.05) is 28.5 Å². The lowest BCUT2D eigenvalue weighted by atomic mass is 10.1. The molecule has 0 saturated heterocycles. The van der Waals surface area contributed by atoms with E-state index in [9.17, 15) is 0 Å². The van der Waals surface area contributed by atoms with Gasteiger partial charge in [-0.2, -0.15) is 5.10 Å². The van der Waals surface area contributed by atoms with Gasteiger partial charge in [-0.05, 0) is 51.3 Å². The third-order valence-electron chi connectivity index (χ3n) is 4.12. The maximum absolute atomic E-state index is 4.70. The maximum atomic E-state index is 4.70.